The lowest BCUT2D eigenvalue weighted by Gasteiger charge is -2.29. The third kappa shape index (κ3) is 4.33. The number of carbonyl (C=O) groups is 1. The molecule has 2 aliphatic rings. The van der Waals surface area contributed by atoms with Crippen LogP contribution >= 0.6 is 0 Å². The van der Waals surface area contributed by atoms with Gasteiger partial charge in [-0.15, -0.1) is 0 Å². The first kappa shape index (κ1) is 23.9. The maximum Gasteiger partial charge on any atom is 0.418 e. The summed E-state index contributed by atoms with van der Waals surface area (Å²) in [7, 11) is 0. The molecule has 8 heteroatoms. The molecular formula is C29H25F4N3O. The molecule has 0 spiro atoms. The normalized spacial score (nSPS) is 20.0. The van der Waals surface area contributed by atoms with Crippen molar-refractivity contribution in [3.8, 4) is 22.5 Å². The molecule has 2 heterocycles. The van der Waals surface area contributed by atoms with E-state index in [1.807, 2.05) is 24.3 Å². The average Bonchev–Trinajstić information content (AvgIpc) is 3.52. The number of rotatable bonds is 6. The molecule has 2 fully saturated rings. The summed E-state index contributed by atoms with van der Waals surface area (Å²) in [6.45, 7) is 1.23. The summed E-state index contributed by atoms with van der Waals surface area (Å²) in [6, 6.07) is 17.5. The van der Waals surface area contributed by atoms with Crippen molar-refractivity contribution in [2.75, 3.05) is 13.1 Å². The van der Waals surface area contributed by atoms with Crippen molar-refractivity contribution in [3.05, 3.63) is 78.1 Å². The van der Waals surface area contributed by atoms with Gasteiger partial charge in [-0.25, -0.2) is 9.37 Å². The first-order valence-corrected chi connectivity index (χ1v) is 12.4. The maximum absolute atomic E-state index is 14.1. The smallest absolute Gasteiger partial charge is 0.322 e. The highest BCUT2D eigenvalue weighted by Gasteiger charge is 2.48. The van der Waals surface area contributed by atoms with Gasteiger partial charge in [-0.3, -0.25) is 4.79 Å². The summed E-state index contributed by atoms with van der Waals surface area (Å²) in [4.78, 5) is 18.1. The van der Waals surface area contributed by atoms with Crippen LogP contribution in [0, 0.1) is 17.2 Å². The van der Waals surface area contributed by atoms with Gasteiger partial charge in [0.15, 0.2) is 0 Å². The highest BCUT2D eigenvalue weighted by molar-refractivity contribution is 5.90. The van der Waals surface area contributed by atoms with E-state index in [1.165, 1.54) is 18.2 Å². The van der Waals surface area contributed by atoms with E-state index < -0.39 is 17.2 Å². The number of imidazole rings is 1. The summed E-state index contributed by atoms with van der Waals surface area (Å²) in [5, 5.41) is 3.27. The maximum atomic E-state index is 14.1. The number of Topliss-reactive ketones (excluding diaryl/α,β-unsaturated/α-hetero) is 1. The van der Waals surface area contributed by atoms with E-state index in [1.54, 1.807) is 22.8 Å². The molecule has 0 amide bonds. The predicted octanol–water partition coefficient (Wildman–Crippen LogP) is 6.49. The van der Waals surface area contributed by atoms with E-state index >= 15 is 0 Å². The highest BCUT2D eigenvalue weighted by atomic mass is 19.4. The summed E-state index contributed by atoms with van der Waals surface area (Å²) in [6.07, 6.45) is -2.30. The van der Waals surface area contributed by atoms with Gasteiger partial charge in [0.2, 0.25) is 0 Å². The van der Waals surface area contributed by atoms with Crippen LogP contribution < -0.4 is 5.32 Å². The molecular weight excluding hydrogens is 482 g/mol. The summed E-state index contributed by atoms with van der Waals surface area (Å²) in [5.74, 6) is 0.203. The SMILES string of the molecule is O=C(C1CC1)[C@@]1(Cn2c(-c3ccc(-c4ccc(F)cc4)cc3)nc3cccc(C(F)(F)F)c32)CCNC1. The Morgan fingerprint density at radius 3 is 2.22 bits per heavy atom. The third-order valence-corrected chi connectivity index (χ3v) is 7.57. The summed E-state index contributed by atoms with van der Waals surface area (Å²) in [5.41, 5.74) is 1.04. The zero-order chi connectivity index (χ0) is 25.8. The molecule has 4 aromatic rings. The van der Waals surface area contributed by atoms with E-state index in [-0.39, 0.29) is 35.1 Å². The highest BCUT2D eigenvalue weighted by Crippen LogP contribution is 2.44. The Bertz CT molecular complexity index is 1460. The molecule has 1 saturated carbocycles. The first-order valence-electron chi connectivity index (χ1n) is 12.4. The van der Waals surface area contributed by atoms with Crippen molar-refractivity contribution in [2.45, 2.75) is 32.0 Å². The standard InChI is InChI=1S/C29H25F4N3O/c30-22-12-10-19(11-13-22)18-4-8-21(9-5-18)27-35-24-3-1-2-23(29(31,32)33)25(24)36(27)17-28(14-15-34-16-28)26(37)20-6-7-20/h1-5,8-13,20,34H,6-7,14-17H2/t28-/m0/s1. The van der Waals surface area contributed by atoms with Gasteiger partial charge < -0.3 is 9.88 Å². The van der Waals surface area contributed by atoms with Gasteiger partial charge in [-0.05, 0) is 61.2 Å². The molecule has 0 bridgehead atoms. The Labute approximate surface area is 211 Å². The van der Waals surface area contributed by atoms with E-state index in [9.17, 15) is 22.4 Å². The fraction of sp³-hybridized carbons (Fsp3) is 0.310. The van der Waals surface area contributed by atoms with Gasteiger partial charge in [-0.2, -0.15) is 13.2 Å². The number of aromatic nitrogens is 2. The van der Waals surface area contributed by atoms with Crippen molar-refractivity contribution in [3.63, 3.8) is 0 Å². The van der Waals surface area contributed by atoms with Crippen LogP contribution in [0.2, 0.25) is 0 Å². The molecule has 0 radical (unpaired) electrons. The molecule has 190 valence electrons. The summed E-state index contributed by atoms with van der Waals surface area (Å²) < 4.78 is 57.4. The van der Waals surface area contributed by atoms with Crippen LogP contribution in [0.25, 0.3) is 33.5 Å². The predicted molar refractivity (Wildman–Crippen MR) is 133 cm³/mol. The van der Waals surface area contributed by atoms with Crippen LogP contribution in [0.1, 0.15) is 24.8 Å². The molecule has 37 heavy (non-hydrogen) atoms. The van der Waals surface area contributed by atoms with Crippen molar-refractivity contribution in [1.29, 1.82) is 0 Å². The van der Waals surface area contributed by atoms with E-state index in [2.05, 4.69) is 10.3 Å². The van der Waals surface area contributed by atoms with Crippen molar-refractivity contribution in [2.24, 2.45) is 11.3 Å². The Morgan fingerprint density at radius 2 is 1.62 bits per heavy atom. The number of ketones is 1. The Balaban J connectivity index is 1.49. The Morgan fingerprint density at radius 1 is 0.973 bits per heavy atom. The zero-order valence-electron chi connectivity index (χ0n) is 20.0. The van der Waals surface area contributed by atoms with Crippen LogP contribution in [0.15, 0.2) is 66.7 Å². The van der Waals surface area contributed by atoms with E-state index in [4.69, 9.17) is 0 Å². The van der Waals surface area contributed by atoms with Crippen LogP contribution in [-0.4, -0.2) is 28.4 Å². The number of fused-ring (bicyclic) bond motifs is 1. The van der Waals surface area contributed by atoms with Gasteiger partial charge >= 0.3 is 6.18 Å². The average molecular weight is 508 g/mol. The Hall–Kier alpha value is -3.52. The number of hydrogen-bond acceptors (Lipinski definition) is 3. The Kier molecular flexibility index (Phi) is 5.67. The lowest BCUT2D eigenvalue weighted by Crippen LogP contribution is -2.39. The number of halogens is 4. The number of carbonyl (C=O) groups excluding carboxylic acids is 1. The molecule has 1 aliphatic heterocycles. The van der Waals surface area contributed by atoms with E-state index in [0.29, 0.717) is 30.9 Å². The summed E-state index contributed by atoms with van der Waals surface area (Å²) >= 11 is 0. The molecule has 1 aromatic heterocycles. The molecule has 1 N–H and O–H groups in total. The van der Waals surface area contributed by atoms with Gasteiger partial charge in [0.1, 0.15) is 17.4 Å². The topological polar surface area (TPSA) is 46.9 Å². The fourth-order valence-corrected chi connectivity index (χ4v) is 5.49. The number of alkyl halides is 3. The molecule has 0 unspecified atom stereocenters. The first-order chi connectivity index (χ1) is 17.7. The molecule has 1 atom stereocenters. The molecule has 1 saturated heterocycles. The van der Waals surface area contributed by atoms with Crippen molar-refractivity contribution < 1.29 is 22.4 Å². The van der Waals surface area contributed by atoms with Crippen LogP contribution in [-0.2, 0) is 17.5 Å². The van der Waals surface area contributed by atoms with Gasteiger partial charge in [0, 0.05) is 24.6 Å². The lowest BCUT2D eigenvalue weighted by atomic mass is 9.80. The van der Waals surface area contributed by atoms with Crippen molar-refractivity contribution >= 4 is 16.8 Å². The van der Waals surface area contributed by atoms with Gasteiger partial charge in [-0.1, -0.05) is 42.5 Å². The number of benzene rings is 3. The lowest BCUT2D eigenvalue weighted by molar-refractivity contribution is -0.136. The van der Waals surface area contributed by atoms with Crippen LogP contribution in [0.5, 0.6) is 0 Å². The number of nitrogens with one attached hydrogen (secondary N) is 1. The second kappa shape index (κ2) is 8.80. The third-order valence-electron chi connectivity index (χ3n) is 7.57. The number of nitrogens with zero attached hydrogens (tertiary/aromatic N) is 2. The molecule has 3 aromatic carbocycles. The molecule has 1 aliphatic carbocycles. The minimum atomic E-state index is -4.57. The van der Waals surface area contributed by atoms with Crippen LogP contribution in [0.4, 0.5) is 17.6 Å². The monoisotopic (exact) mass is 507 g/mol. The van der Waals surface area contributed by atoms with Crippen LogP contribution in [0.3, 0.4) is 0 Å². The van der Waals surface area contributed by atoms with Gasteiger partial charge in [0.25, 0.3) is 0 Å². The number of hydrogen-bond donors (Lipinski definition) is 1. The quantitative estimate of drug-likeness (QED) is 0.304. The van der Waals surface area contributed by atoms with Crippen molar-refractivity contribution in [1.82, 2.24) is 14.9 Å². The second-order valence-electron chi connectivity index (χ2n) is 10.1. The number of para-hydroxylation sites is 1. The largest absolute Gasteiger partial charge is 0.418 e. The molecule has 6 rings (SSSR count). The zero-order valence-corrected chi connectivity index (χ0v) is 20.0. The minimum Gasteiger partial charge on any atom is -0.322 e. The molecule has 4 nitrogen and oxygen atoms in total. The fourth-order valence-electron chi connectivity index (χ4n) is 5.49. The van der Waals surface area contributed by atoms with E-state index in [0.717, 1.165) is 30.0 Å². The minimum absolute atomic E-state index is 0.00230. The second-order valence-corrected chi connectivity index (χ2v) is 10.1. The van der Waals surface area contributed by atoms with Gasteiger partial charge in [0.05, 0.1) is 22.0 Å².